The standard InChI is InChI=1S/C69H64N3O.Pt/c1-66(2,3)49-33-34-60(53(40-49)46-23-16-13-17-24-46)72-61-28-20-26-52(63(61)71-65(72)56-41-50(67(4,5)6)42-58(64(56)73)68(7,8)9)55-38-48(37-54-51-25-18-19-27-57(51)69(10,11)62(54)55)59-39-47(35-36-70-59)45-31-29-44(30-32-45)43-21-14-12-15-22-43;/h12-37,39-42,73H,1-11H3;/q-1;. The Balaban J connectivity index is 0.00000626. The molecule has 0 atom stereocenters. The Morgan fingerprint density at radius 3 is 1.76 bits per heavy atom. The molecule has 2 aromatic heterocycles. The number of aromatic nitrogens is 3. The van der Waals surface area contributed by atoms with Gasteiger partial charge in [0.05, 0.1) is 22.3 Å². The number of pyridine rings is 1. The molecule has 11 rings (SSSR count). The quantitative estimate of drug-likeness (QED) is 0.162. The van der Waals surface area contributed by atoms with Crippen molar-refractivity contribution in [3.63, 3.8) is 0 Å². The molecule has 1 aliphatic rings. The third-order valence-electron chi connectivity index (χ3n) is 15.1. The van der Waals surface area contributed by atoms with Gasteiger partial charge in [-0.05, 0) is 102 Å². The average Bonchev–Trinajstić information content (AvgIpc) is 3.90. The molecule has 2 heterocycles. The summed E-state index contributed by atoms with van der Waals surface area (Å²) in [7, 11) is 0. The second-order valence-corrected chi connectivity index (χ2v) is 23.6. The number of para-hydroxylation sites is 1. The van der Waals surface area contributed by atoms with Gasteiger partial charge in [-0.15, -0.1) is 17.7 Å². The molecule has 0 radical (unpaired) electrons. The Labute approximate surface area is 452 Å². The van der Waals surface area contributed by atoms with Crippen molar-refractivity contribution in [2.45, 2.75) is 97.8 Å². The van der Waals surface area contributed by atoms with Crippen LogP contribution in [-0.2, 0) is 42.7 Å². The number of phenolic OH excluding ortho intramolecular Hbond substituents is 1. The predicted octanol–water partition coefficient (Wildman–Crippen LogP) is 18.1. The summed E-state index contributed by atoms with van der Waals surface area (Å²) in [6, 6.07) is 67.2. The Hall–Kier alpha value is -7.13. The molecule has 0 amide bonds. The summed E-state index contributed by atoms with van der Waals surface area (Å²) in [6.45, 7) is 24.7. The van der Waals surface area contributed by atoms with Crippen molar-refractivity contribution in [3.8, 4) is 89.7 Å². The van der Waals surface area contributed by atoms with Crippen LogP contribution in [0.4, 0.5) is 0 Å². The minimum Gasteiger partial charge on any atom is -0.507 e. The van der Waals surface area contributed by atoms with E-state index in [9.17, 15) is 5.11 Å². The molecule has 0 fully saturated rings. The zero-order valence-electron chi connectivity index (χ0n) is 44.4. The minimum atomic E-state index is -0.357. The van der Waals surface area contributed by atoms with Crippen LogP contribution in [0, 0.1) is 6.07 Å². The fraction of sp³-hybridized carbons (Fsp3) is 0.217. The molecular weight excluding hydrogens is 1080 g/mol. The van der Waals surface area contributed by atoms with Gasteiger partial charge < -0.3 is 5.11 Å². The molecule has 5 heteroatoms. The number of rotatable bonds is 7. The van der Waals surface area contributed by atoms with Gasteiger partial charge in [-0.25, -0.2) is 4.98 Å². The number of benzene rings is 8. The van der Waals surface area contributed by atoms with Crippen LogP contribution in [0.2, 0.25) is 0 Å². The Morgan fingerprint density at radius 2 is 1.09 bits per heavy atom. The Bertz CT molecular complexity index is 3750. The number of phenols is 1. The van der Waals surface area contributed by atoms with Crippen LogP contribution in [0.15, 0.2) is 182 Å². The second-order valence-electron chi connectivity index (χ2n) is 23.6. The fourth-order valence-electron chi connectivity index (χ4n) is 11.0. The maximum Gasteiger partial charge on any atom is 0.148 e. The zero-order valence-corrected chi connectivity index (χ0v) is 46.7. The first-order valence-electron chi connectivity index (χ1n) is 25.7. The van der Waals surface area contributed by atoms with E-state index in [0.29, 0.717) is 11.4 Å². The second kappa shape index (κ2) is 18.7. The molecule has 0 bridgehead atoms. The first-order valence-corrected chi connectivity index (χ1v) is 25.7. The number of nitrogens with zero attached hydrogens (tertiary/aromatic N) is 3. The predicted molar refractivity (Wildman–Crippen MR) is 306 cm³/mol. The number of hydrogen-bond donors (Lipinski definition) is 1. The van der Waals surface area contributed by atoms with Crippen molar-refractivity contribution in [2.75, 3.05) is 0 Å². The minimum absolute atomic E-state index is 0. The van der Waals surface area contributed by atoms with Gasteiger partial charge in [0.25, 0.3) is 0 Å². The molecule has 0 unspecified atom stereocenters. The summed E-state index contributed by atoms with van der Waals surface area (Å²) in [5, 5.41) is 12.8. The molecule has 0 saturated heterocycles. The van der Waals surface area contributed by atoms with Gasteiger partial charge in [0, 0.05) is 44.1 Å². The number of imidazole rings is 1. The summed E-state index contributed by atoms with van der Waals surface area (Å²) >= 11 is 0. The molecule has 74 heavy (non-hydrogen) atoms. The van der Waals surface area contributed by atoms with Crippen molar-refractivity contribution in [1.29, 1.82) is 0 Å². The molecule has 0 aliphatic heterocycles. The first kappa shape index (κ1) is 50.4. The third kappa shape index (κ3) is 8.85. The summed E-state index contributed by atoms with van der Waals surface area (Å²) in [6.07, 6.45) is 1.92. The molecule has 1 aliphatic carbocycles. The van der Waals surface area contributed by atoms with Crippen LogP contribution < -0.4 is 0 Å². The zero-order chi connectivity index (χ0) is 51.2. The van der Waals surface area contributed by atoms with Crippen LogP contribution >= 0.6 is 0 Å². The van der Waals surface area contributed by atoms with E-state index in [0.717, 1.165) is 72.5 Å². The van der Waals surface area contributed by atoms with Crippen LogP contribution in [-0.4, -0.2) is 19.6 Å². The van der Waals surface area contributed by atoms with E-state index in [4.69, 9.17) is 9.97 Å². The molecule has 4 nitrogen and oxygen atoms in total. The van der Waals surface area contributed by atoms with Gasteiger partial charge in [0.15, 0.2) is 0 Å². The molecule has 1 N–H and O–H groups in total. The van der Waals surface area contributed by atoms with Crippen LogP contribution in [0.1, 0.15) is 104 Å². The maximum absolute atomic E-state index is 12.8. The van der Waals surface area contributed by atoms with E-state index < -0.39 is 0 Å². The van der Waals surface area contributed by atoms with Crippen LogP contribution in [0.25, 0.3) is 95.0 Å². The molecule has 0 saturated carbocycles. The topological polar surface area (TPSA) is 50.9 Å². The smallest absolute Gasteiger partial charge is 0.148 e. The summed E-state index contributed by atoms with van der Waals surface area (Å²) in [4.78, 5) is 10.9. The van der Waals surface area contributed by atoms with E-state index in [1.165, 1.54) is 38.9 Å². The molecule has 0 spiro atoms. The molecular formula is C69H64N3OPt-. The van der Waals surface area contributed by atoms with E-state index >= 15 is 0 Å². The Morgan fingerprint density at radius 1 is 0.500 bits per heavy atom. The van der Waals surface area contributed by atoms with Crippen molar-refractivity contribution in [2.24, 2.45) is 0 Å². The van der Waals surface area contributed by atoms with Gasteiger partial charge in [-0.3, -0.25) is 9.55 Å². The van der Waals surface area contributed by atoms with Gasteiger partial charge in [0.1, 0.15) is 11.6 Å². The van der Waals surface area contributed by atoms with Gasteiger partial charge >= 0.3 is 0 Å². The maximum atomic E-state index is 12.8. The van der Waals surface area contributed by atoms with E-state index in [2.05, 4.69) is 263 Å². The van der Waals surface area contributed by atoms with Crippen molar-refractivity contribution in [1.82, 2.24) is 14.5 Å². The van der Waals surface area contributed by atoms with Crippen molar-refractivity contribution in [3.05, 3.63) is 216 Å². The van der Waals surface area contributed by atoms with Crippen molar-refractivity contribution < 1.29 is 26.2 Å². The normalized spacial score (nSPS) is 13.1. The summed E-state index contributed by atoms with van der Waals surface area (Å²) in [5.74, 6) is 0.929. The Kier molecular flexibility index (Phi) is 12.7. The molecule has 10 aromatic rings. The number of aromatic hydroxyl groups is 1. The van der Waals surface area contributed by atoms with Gasteiger partial charge in [0.2, 0.25) is 0 Å². The monoisotopic (exact) mass is 1150 g/mol. The van der Waals surface area contributed by atoms with Gasteiger partial charge in [-0.2, -0.15) is 0 Å². The van der Waals surface area contributed by atoms with Gasteiger partial charge in [-0.1, -0.05) is 238 Å². The van der Waals surface area contributed by atoms with E-state index in [1.807, 2.05) is 6.20 Å². The van der Waals surface area contributed by atoms with Crippen LogP contribution in [0.5, 0.6) is 5.75 Å². The molecule has 372 valence electrons. The van der Waals surface area contributed by atoms with E-state index in [1.54, 1.807) is 0 Å². The summed E-state index contributed by atoms with van der Waals surface area (Å²) in [5.41, 5.74) is 21.1. The fourth-order valence-corrected chi connectivity index (χ4v) is 11.0. The average molecular weight is 1150 g/mol. The first-order chi connectivity index (χ1) is 34.8. The third-order valence-corrected chi connectivity index (χ3v) is 15.1. The SMILES string of the molecule is CC(C)(C)c1ccc(-n2c(-c3cc(C(C)(C)C)cc(C(C)(C)C)c3O)nc3c(-c4[c-]c(-c5cc(-c6ccc(-c7ccccc7)cc6)ccn5)cc5c4C(C)(C)c4ccccc4-5)cccc32)c(-c2ccccc2)c1.[Pt]. The number of fused-ring (bicyclic) bond motifs is 4. The number of hydrogen-bond acceptors (Lipinski definition) is 3. The van der Waals surface area contributed by atoms with Crippen LogP contribution in [0.3, 0.4) is 0 Å². The summed E-state index contributed by atoms with van der Waals surface area (Å²) < 4.78 is 2.31. The largest absolute Gasteiger partial charge is 0.507 e. The van der Waals surface area contributed by atoms with E-state index in [-0.39, 0.29) is 48.5 Å². The van der Waals surface area contributed by atoms with Crippen molar-refractivity contribution >= 4 is 11.0 Å². The molecule has 8 aromatic carbocycles.